The number of nitrogens with one attached hydrogen (secondary N) is 1. The molecular formula is C23H32N2O4S. The van der Waals surface area contributed by atoms with Crippen molar-refractivity contribution in [3.63, 3.8) is 0 Å². The predicted octanol–water partition coefficient (Wildman–Crippen LogP) is 4.09. The molecular weight excluding hydrogens is 400 g/mol. The Morgan fingerprint density at radius 2 is 1.97 bits per heavy atom. The van der Waals surface area contributed by atoms with Crippen molar-refractivity contribution >= 4 is 17.3 Å². The summed E-state index contributed by atoms with van der Waals surface area (Å²) in [5, 5.41) is 26.5. The van der Waals surface area contributed by atoms with E-state index in [9.17, 15) is 15.0 Å². The summed E-state index contributed by atoms with van der Waals surface area (Å²) in [4.78, 5) is 16.5. The van der Waals surface area contributed by atoms with Crippen LogP contribution in [0.3, 0.4) is 0 Å². The maximum Gasteiger partial charge on any atom is 0.320 e. The number of thiazole rings is 1. The molecule has 0 saturated heterocycles. The van der Waals surface area contributed by atoms with Gasteiger partial charge < -0.3 is 14.9 Å². The van der Waals surface area contributed by atoms with Gasteiger partial charge in [-0.2, -0.15) is 0 Å². The summed E-state index contributed by atoms with van der Waals surface area (Å²) in [5.74, 6) is -0.693. The van der Waals surface area contributed by atoms with E-state index < -0.39 is 24.3 Å². The molecule has 6 nitrogen and oxygen atoms in total. The van der Waals surface area contributed by atoms with Crippen molar-refractivity contribution in [3.8, 4) is 10.6 Å². The zero-order valence-corrected chi connectivity index (χ0v) is 18.5. The Labute approximate surface area is 182 Å². The van der Waals surface area contributed by atoms with Crippen molar-refractivity contribution in [3.05, 3.63) is 41.4 Å². The van der Waals surface area contributed by atoms with Crippen LogP contribution in [0.2, 0.25) is 0 Å². The van der Waals surface area contributed by atoms with Gasteiger partial charge in [0.15, 0.2) is 6.29 Å². The molecule has 1 fully saturated rings. The largest absolute Gasteiger partial charge is 0.480 e. The number of carboxylic acid groups (broad SMARTS) is 1. The molecule has 0 radical (unpaired) electrons. The summed E-state index contributed by atoms with van der Waals surface area (Å²) in [6, 6.07) is 8.65. The number of benzene rings is 1. The molecule has 30 heavy (non-hydrogen) atoms. The van der Waals surface area contributed by atoms with Crippen LogP contribution in [-0.2, 0) is 16.0 Å². The Morgan fingerprint density at radius 1 is 1.27 bits per heavy atom. The Hall–Kier alpha value is -1.80. The van der Waals surface area contributed by atoms with E-state index in [1.165, 1.54) is 0 Å². The molecule has 2 aromatic rings. The molecule has 3 unspecified atom stereocenters. The topological polar surface area (TPSA) is 91.7 Å². The molecule has 3 N–H and O–H groups in total. The Balaban J connectivity index is 1.74. The van der Waals surface area contributed by atoms with Crippen LogP contribution in [0.25, 0.3) is 10.6 Å². The third-order valence-electron chi connectivity index (χ3n) is 5.40. The molecule has 3 atom stereocenters. The number of aromatic nitrogens is 1. The monoisotopic (exact) mass is 432 g/mol. The molecule has 164 valence electrons. The number of carbonyl (C=O) groups is 1. The third-order valence-corrected chi connectivity index (χ3v) is 6.34. The number of hydrogen-bond acceptors (Lipinski definition) is 6. The van der Waals surface area contributed by atoms with Crippen molar-refractivity contribution < 1.29 is 19.7 Å². The lowest BCUT2D eigenvalue weighted by molar-refractivity contribution is -0.156. The van der Waals surface area contributed by atoms with Crippen LogP contribution in [0.1, 0.15) is 51.6 Å². The van der Waals surface area contributed by atoms with E-state index in [1.807, 2.05) is 49.6 Å². The van der Waals surface area contributed by atoms with Crippen LogP contribution in [0.15, 0.2) is 35.7 Å². The quantitative estimate of drug-likeness (QED) is 0.463. The normalized spacial score (nSPS) is 17.9. The lowest BCUT2D eigenvalue weighted by atomic mass is 10.0. The maximum absolute atomic E-state index is 11.8. The molecule has 0 bridgehead atoms. The average Bonchev–Trinajstić information content (AvgIpc) is 3.39. The fourth-order valence-corrected chi connectivity index (χ4v) is 4.71. The van der Waals surface area contributed by atoms with Crippen LogP contribution in [-0.4, -0.2) is 45.6 Å². The molecule has 1 aromatic heterocycles. The van der Waals surface area contributed by atoms with Crippen LogP contribution in [0.4, 0.5) is 0 Å². The Bertz CT molecular complexity index is 790. The summed E-state index contributed by atoms with van der Waals surface area (Å²) < 4.78 is 5.90. The van der Waals surface area contributed by atoms with Crippen molar-refractivity contribution in [2.75, 3.05) is 0 Å². The highest BCUT2D eigenvalue weighted by molar-refractivity contribution is 7.13. The molecule has 1 heterocycles. The number of ether oxygens (including phenoxy) is 1. The van der Waals surface area contributed by atoms with Crippen LogP contribution in [0.5, 0.6) is 0 Å². The first-order valence-corrected chi connectivity index (χ1v) is 11.6. The van der Waals surface area contributed by atoms with Gasteiger partial charge in [0.1, 0.15) is 11.0 Å². The molecule has 3 rings (SSSR count). The van der Waals surface area contributed by atoms with E-state index in [0.29, 0.717) is 12.8 Å². The van der Waals surface area contributed by atoms with Gasteiger partial charge in [0, 0.05) is 17.4 Å². The van der Waals surface area contributed by atoms with Crippen LogP contribution >= 0.6 is 11.3 Å². The highest BCUT2D eigenvalue weighted by Gasteiger charge is 2.30. The summed E-state index contributed by atoms with van der Waals surface area (Å²) in [7, 11) is 0. The number of aliphatic hydroxyl groups is 1. The van der Waals surface area contributed by atoms with Gasteiger partial charge in [0.25, 0.3) is 0 Å². The summed E-state index contributed by atoms with van der Waals surface area (Å²) >= 11 is 1.55. The maximum atomic E-state index is 11.8. The molecule has 1 aliphatic rings. The number of carboxylic acids is 1. The van der Waals surface area contributed by atoms with Crippen molar-refractivity contribution in [2.45, 2.75) is 76.9 Å². The van der Waals surface area contributed by atoms with Gasteiger partial charge in [-0.1, -0.05) is 57.0 Å². The molecule has 0 aliphatic heterocycles. The fraction of sp³-hybridized carbons (Fsp3) is 0.565. The second-order valence-electron chi connectivity index (χ2n) is 8.44. The van der Waals surface area contributed by atoms with Gasteiger partial charge in [-0.3, -0.25) is 10.1 Å². The summed E-state index contributed by atoms with van der Waals surface area (Å²) in [6.07, 6.45) is 3.92. The highest BCUT2D eigenvalue weighted by Crippen LogP contribution is 2.26. The first-order valence-electron chi connectivity index (χ1n) is 10.7. The zero-order valence-electron chi connectivity index (χ0n) is 17.7. The second kappa shape index (κ2) is 11.0. The van der Waals surface area contributed by atoms with Gasteiger partial charge in [0.2, 0.25) is 0 Å². The number of hydrogen-bond donors (Lipinski definition) is 3. The summed E-state index contributed by atoms with van der Waals surface area (Å²) in [5.41, 5.74) is 1.86. The lowest BCUT2D eigenvalue weighted by Gasteiger charge is -2.29. The van der Waals surface area contributed by atoms with E-state index in [0.717, 1.165) is 41.9 Å². The zero-order chi connectivity index (χ0) is 21.5. The van der Waals surface area contributed by atoms with Crippen molar-refractivity contribution in [1.29, 1.82) is 0 Å². The van der Waals surface area contributed by atoms with E-state index in [1.54, 1.807) is 11.3 Å². The second-order valence-corrected chi connectivity index (χ2v) is 9.30. The van der Waals surface area contributed by atoms with Crippen molar-refractivity contribution in [1.82, 2.24) is 10.3 Å². The standard InChI is InChI=1S/C23H32N2O4S/c1-15(2)12-19(22(26)27)25-20(23(28)29-18-10-6-7-11-18)13-17-14-30-21(24-17)16-8-4-3-5-9-16/h3-5,8-9,14-15,18-20,23,25,28H,6-7,10-13H2,1-2H3,(H,26,27). The molecule has 1 aliphatic carbocycles. The van der Waals surface area contributed by atoms with Gasteiger partial charge in [0.05, 0.1) is 17.8 Å². The number of rotatable bonds is 11. The molecule has 0 spiro atoms. The Morgan fingerprint density at radius 3 is 2.60 bits per heavy atom. The SMILES string of the molecule is CC(C)CC(NC(Cc1csc(-c2ccccc2)n1)C(O)OC1CCCC1)C(=O)O. The highest BCUT2D eigenvalue weighted by atomic mass is 32.1. The average molecular weight is 433 g/mol. The number of nitrogens with zero attached hydrogens (tertiary/aromatic N) is 1. The fourth-order valence-electron chi connectivity index (χ4n) is 3.87. The first-order chi connectivity index (χ1) is 14.4. The molecule has 1 saturated carbocycles. The minimum absolute atomic E-state index is 0.0352. The van der Waals surface area contributed by atoms with E-state index in [2.05, 4.69) is 5.32 Å². The molecule has 0 amide bonds. The predicted molar refractivity (Wildman–Crippen MR) is 118 cm³/mol. The van der Waals surface area contributed by atoms with Gasteiger partial charge >= 0.3 is 5.97 Å². The minimum atomic E-state index is -1.08. The lowest BCUT2D eigenvalue weighted by Crippen LogP contribution is -2.51. The smallest absolute Gasteiger partial charge is 0.320 e. The van der Waals surface area contributed by atoms with Crippen LogP contribution in [0, 0.1) is 5.92 Å². The molecule has 7 heteroatoms. The van der Waals surface area contributed by atoms with E-state index in [-0.39, 0.29) is 12.0 Å². The summed E-state index contributed by atoms with van der Waals surface area (Å²) in [6.45, 7) is 3.98. The van der Waals surface area contributed by atoms with E-state index in [4.69, 9.17) is 9.72 Å². The first kappa shape index (κ1) is 22.9. The van der Waals surface area contributed by atoms with Crippen molar-refractivity contribution in [2.24, 2.45) is 5.92 Å². The van der Waals surface area contributed by atoms with Crippen LogP contribution < -0.4 is 5.32 Å². The molecule has 1 aromatic carbocycles. The van der Waals surface area contributed by atoms with Gasteiger partial charge in [-0.15, -0.1) is 11.3 Å². The Kier molecular flexibility index (Phi) is 8.39. The number of aliphatic hydroxyl groups excluding tert-OH is 1. The third kappa shape index (κ3) is 6.60. The van der Waals surface area contributed by atoms with Gasteiger partial charge in [-0.25, -0.2) is 4.98 Å². The van der Waals surface area contributed by atoms with Gasteiger partial charge in [-0.05, 0) is 25.2 Å². The van der Waals surface area contributed by atoms with E-state index >= 15 is 0 Å². The minimum Gasteiger partial charge on any atom is -0.480 e. The number of aliphatic carboxylic acids is 1.